The summed E-state index contributed by atoms with van der Waals surface area (Å²) in [7, 11) is 0. The largest absolute Gasteiger partial charge is 0.375 e. The standard InChI is InChI=1S/C15H22N2O2/c1-10-6-14(7-11(2)19-10)17-9-12-4-3-5-13(8-12)15(16)18/h3-5,8,10-11,14,17H,6-7,9H2,1-2H3,(H2,16,18). The van der Waals surface area contributed by atoms with Crippen molar-refractivity contribution in [2.45, 2.75) is 51.5 Å². The Hall–Kier alpha value is -1.39. The van der Waals surface area contributed by atoms with Gasteiger partial charge in [0.1, 0.15) is 0 Å². The highest BCUT2D eigenvalue weighted by atomic mass is 16.5. The highest BCUT2D eigenvalue weighted by molar-refractivity contribution is 5.92. The van der Waals surface area contributed by atoms with Gasteiger partial charge in [0.05, 0.1) is 12.2 Å². The first-order valence-corrected chi connectivity index (χ1v) is 6.82. The van der Waals surface area contributed by atoms with Crippen LogP contribution in [0.4, 0.5) is 0 Å². The van der Waals surface area contributed by atoms with Crippen LogP contribution in [-0.4, -0.2) is 24.2 Å². The zero-order valence-electron chi connectivity index (χ0n) is 11.6. The summed E-state index contributed by atoms with van der Waals surface area (Å²) < 4.78 is 5.72. The second-order valence-electron chi connectivity index (χ2n) is 5.37. The molecule has 1 amide bonds. The molecule has 0 aromatic heterocycles. The number of nitrogens with two attached hydrogens (primary N) is 1. The Balaban J connectivity index is 1.91. The van der Waals surface area contributed by atoms with E-state index in [1.54, 1.807) is 6.07 Å². The van der Waals surface area contributed by atoms with Gasteiger partial charge in [-0.25, -0.2) is 0 Å². The number of benzene rings is 1. The first-order valence-electron chi connectivity index (χ1n) is 6.82. The number of hydrogen-bond acceptors (Lipinski definition) is 3. The topological polar surface area (TPSA) is 64.3 Å². The zero-order valence-corrected chi connectivity index (χ0v) is 11.6. The first-order chi connectivity index (χ1) is 9.04. The van der Waals surface area contributed by atoms with Crippen LogP contribution in [0.3, 0.4) is 0 Å². The molecule has 0 saturated carbocycles. The lowest BCUT2D eigenvalue weighted by Gasteiger charge is -2.32. The lowest BCUT2D eigenvalue weighted by molar-refractivity contribution is -0.0422. The molecule has 0 aliphatic carbocycles. The van der Waals surface area contributed by atoms with Gasteiger partial charge in [-0.3, -0.25) is 4.79 Å². The Morgan fingerprint density at radius 2 is 2.05 bits per heavy atom. The molecule has 1 saturated heterocycles. The summed E-state index contributed by atoms with van der Waals surface area (Å²) in [5.74, 6) is -0.379. The number of rotatable bonds is 4. The Morgan fingerprint density at radius 1 is 1.37 bits per heavy atom. The Kier molecular flexibility index (Phi) is 4.56. The van der Waals surface area contributed by atoms with Crippen LogP contribution >= 0.6 is 0 Å². The number of carbonyl (C=O) groups excluding carboxylic acids is 1. The summed E-state index contributed by atoms with van der Waals surface area (Å²) in [6.07, 6.45) is 2.66. The van der Waals surface area contributed by atoms with Crippen molar-refractivity contribution in [1.82, 2.24) is 5.32 Å². The highest BCUT2D eigenvalue weighted by Crippen LogP contribution is 2.19. The predicted molar refractivity (Wildman–Crippen MR) is 74.8 cm³/mol. The smallest absolute Gasteiger partial charge is 0.248 e. The molecule has 1 fully saturated rings. The normalized spacial score (nSPS) is 27.2. The van der Waals surface area contributed by atoms with Gasteiger partial charge in [-0.1, -0.05) is 12.1 Å². The van der Waals surface area contributed by atoms with Crippen LogP contribution in [0.25, 0.3) is 0 Å². The van der Waals surface area contributed by atoms with Crippen LogP contribution in [0.15, 0.2) is 24.3 Å². The Bertz CT molecular complexity index is 438. The van der Waals surface area contributed by atoms with Gasteiger partial charge in [0.15, 0.2) is 0 Å². The van der Waals surface area contributed by atoms with Crippen LogP contribution in [0.2, 0.25) is 0 Å². The maximum Gasteiger partial charge on any atom is 0.248 e. The average Bonchev–Trinajstić information content (AvgIpc) is 2.35. The van der Waals surface area contributed by atoms with Crippen molar-refractivity contribution in [2.24, 2.45) is 5.73 Å². The van der Waals surface area contributed by atoms with Gasteiger partial charge in [-0.2, -0.15) is 0 Å². The van der Waals surface area contributed by atoms with E-state index in [9.17, 15) is 4.79 Å². The van der Waals surface area contributed by atoms with Gasteiger partial charge in [0, 0.05) is 18.2 Å². The van der Waals surface area contributed by atoms with Gasteiger partial charge in [0.25, 0.3) is 0 Å². The molecule has 1 aromatic rings. The average molecular weight is 262 g/mol. The zero-order chi connectivity index (χ0) is 13.8. The van der Waals surface area contributed by atoms with Gasteiger partial charge >= 0.3 is 0 Å². The van der Waals surface area contributed by atoms with Gasteiger partial charge in [0.2, 0.25) is 5.91 Å². The molecule has 4 heteroatoms. The summed E-state index contributed by atoms with van der Waals surface area (Å²) in [5.41, 5.74) is 6.93. The Morgan fingerprint density at radius 3 is 2.68 bits per heavy atom. The molecule has 0 bridgehead atoms. The van der Waals surface area contributed by atoms with Crippen molar-refractivity contribution in [3.63, 3.8) is 0 Å². The Labute approximate surface area is 114 Å². The van der Waals surface area contributed by atoms with Crippen LogP contribution < -0.4 is 11.1 Å². The predicted octanol–water partition coefficient (Wildman–Crippen LogP) is 1.83. The van der Waals surface area contributed by atoms with Crippen LogP contribution in [0.1, 0.15) is 42.6 Å². The van der Waals surface area contributed by atoms with Crippen molar-refractivity contribution in [2.75, 3.05) is 0 Å². The molecule has 1 aromatic carbocycles. The van der Waals surface area contributed by atoms with Crippen molar-refractivity contribution in [3.8, 4) is 0 Å². The van der Waals surface area contributed by atoms with E-state index in [-0.39, 0.29) is 5.91 Å². The molecule has 19 heavy (non-hydrogen) atoms. The molecule has 104 valence electrons. The third-order valence-corrected chi connectivity index (χ3v) is 3.50. The maximum absolute atomic E-state index is 11.1. The monoisotopic (exact) mass is 262 g/mol. The van der Waals surface area contributed by atoms with Crippen LogP contribution in [-0.2, 0) is 11.3 Å². The van der Waals surface area contributed by atoms with Gasteiger partial charge in [-0.15, -0.1) is 0 Å². The number of nitrogens with one attached hydrogen (secondary N) is 1. The van der Waals surface area contributed by atoms with Crippen molar-refractivity contribution in [1.29, 1.82) is 0 Å². The van der Waals surface area contributed by atoms with Crippen LogP contribution in [0.5, 0.6) is 0 Å². The molecular weight excluding hydrogens is 240 g/mol. The van der Waals surface area contributed by atoms with Crippen molar-refractivity contribution < 1.29 is 9.53 Å². The molecule has 4 nitrogen and oxygen atoms in total. The minimum Gasteiger partial charge on any atom is -0.375 e. The molecule has 0 radical (unpaired) electrons. The van der Waals surface area contributed by atoms with E-state index in [4.69, 9.17) is 10.5 Å². The van der Waals surface area contributed by atoms with E-state index in [0.717, 1.165) is 24.9 Å². The number of carbonyl (C=O) groups is 1. The summed E-state index contributed by atoms with van der Waals surface area (Å²) >= 11 is 0. The molecule has 1 aliphatic rings. The molecule has 2 unspecified atom stereocenters. The van der Waals surface area contributed by atoms with Crippen molar-refractivity contribution in [3.05, 3.63) is 35.4 Å². The van der Waals surface area contributed by atoms with Gasteiger partial charge < -0.3 is 15.8 Å². The van der Waals surface area contributed by atoms with E-state index in [2.05, 4.69) is 19.2 Å². The van der Waals surface area contributed by atoms with E-state index >= 15 is 0 Å². The fourth-order valence-electron chi connectivity index (χ4n) is 2.67. The molecule has 1 aliphatic heterocycles. The minimum atomic E-state index is -0.379. The lowest BCUT2D eigenvalue weighted by atomic mass is 9.99. The molecule has 2 atom stereocenters. The second-order valence-corrected chi connectivity index (χ2v) is 5.37. The van der Waals surface area contributed by atoms with E-state index in [1.165, 1.54) is 0 Å². The third-order valence-electron chi connectivity index (χ3n) is 3.50. The third kappa shape index (κ3) is 4.04. The lowest BCUT2D eigenvalue weighted by Crippen LogP contribution is -2.40. The molecule has 1 heterocycles. The summed E-state index contributed by atoms with van der Waals surface area (Å²) in [4.78, 5) is 11.1. The molecule has 3 N–H and O–H groups in total. The quantitative estimate of drug-likeness (QED) is 0.870. The SMILES string of the molecule is CC1CC(NCc2cccc(C(N)=O)c2)CC(C)O1. The number of ether oxygens (including phenoxy) is 1. The van der Waals surface area contributed by atoms with Crippen molar-refractivity contribution >= 4 is 5.91 Å². The summed E-state index contributed by atoms with van der Waals surface area (Å²) in [6, 6.07) is 7.93. The number of hydrogen-bond donors (Lipinski definition) is 2. The van der Waals surface area contributed by atoms with Crippen LogP contribution in [0, 0.1) is 0 Å². The summed E-state index contributed by atoms with van der Waals surface area (Å²) in [5, 5.41) is 3.53. The maximum atomic E-state index is 11.1. The fourth-order valence-corrected chi connectivity index (χ4v) is 2.67. The van der Waals surface area contributed by atoms with Gasteiger partial charge in [-0.05, 0) is 44.4 Å². The second kappa shape index (κ2) is 6.17. The molecule has 0 spiro atoms. The van der Waals surface area contributed by atoms with E-state index in [1.807, 2.05) is 18.2 Å². The van der Waals surface area contributed by atoms with E-state index < -0.39 is 0 Å². The van der Waals surface area contributed by atoms with E-state index in [0.29, 0.717) is 23.8 Å². The number of amides is 1. The fraction of sp³-hybridized carbons (Fsp3) is 0.533. The molecule has 2 rings (SSSR count). The highest BCUT2D eigenvalue weighted by Gasteiger charge is 2.23. The number of primary amides is 1. The molecular formula is C15H22N2O2. The summed E-state index contributed by atoms with van der Waals surface area (Å²) in [6.45, 7) is 4.97. The first kappa shape index (κ1) is 14.0. The minimum absolute atomic E-state index is 0.304.